The van der Waals surface area contributed by atoms with Crippen LogP contribution in [0.4, 0.5) is 0 Å². The van der Waals surface area contributed by atoms with E-state index in [2.05, 4.69) is 10.2 Å². The molecular weight excluding hydrogens is 230 g/mol. The van der Waals surface area contributed by atoms with Crippen molar-refractivity contribution in [1.82, 2.24) is 14.8 Å². The first-order chi connectivity index (χ1) is 7.69. The molecule has 6 nitrogen and oxygen atoms in total. The van der Waals surface area contributed by atoms with E-state index in [1.54, 1.807) is 4.57 Å². The van der Waals surface area contributed by atoms with E-state index in [0.717, 1.165) is 24.7 Å². The summed E-state index contributed by atoms with van der Waals surface area (Å²) >= 11 is 1.15. The minimum atomic E-state index is -0.867. The highest BCUT2D eigenvalue weighted by Gasteiger charge is 2.13. The zero-order valence-corrected chi connectivity index (χ0v) is 10.2. The maximum absolute atomic E-state index is 10.5. The highest BCUT2D eigenvalue weighted by Crippen LogP contribution is 2.21. The molecule has 0 unspecified atom stereocenters. The molecule has 1 heterocycles. The zero-order valence-electron chi connectivity index (χ0n) is 9.34. The third kappa shape index (κ3) is 3.41. The Balaban J connectivity index is 2.77. The van der Waals surface area contributed by atoms with E-state index in [-0.39, 0.29) is 5.75 Å². The van der Waals surface area contributed by atoms with Crippen LogP contribution in [-0.4, -0.2) is 38.2 Å². The first-order valence-electron chi connectivity index (χ1n) is 5.09. The van der Waals surface area contributed by atoms with Crippen molar-refractivity contribution in [2.75, 3.05) is 12.4 Å². The van der Waals surface area contributed by atoms with Gasteiger partial charge in [0, 0.05) is 6.54 Å². The van der Waals surface area contributed by atoms with E-state index in [4.69, 9.17) is 9.84 Å². The zero-order chi connectivity index (χ0) is 12.0. The molecule has 0 fully saturated rings. The molecule has 1 rings (SSSR count). The fraction of sp³-hybridized carbons (Fsp3) is 0.667. The second kappa shape index (κ2) is 6.37. The standard InChI is InChI=1S/C9H15N3O3S/c1-3-5-12-8(15-4-2)10-11-9(12)16-6-7(13)14/h3-6H2,1-2H3,(H,13,14). The molecule has 0 aromatic carbocycles. The molecule has 0 aliphatic carbocycles. The van der Waals surface area contributed by atoms with Gasteiger partial charge in [-0.1, -0.05) is 23.8 Å². The first kappa shape index (κ1) is 12.8. The van der Waals surface area contributed by atoms with Crippen LogP contribution in [0.25, 0.3) is 0 Å². The number of carboxylic acids is 1. The molecule has 0 aliphatic heterocycles. The van der Waals surface area contributed by atoms with Gasteiger partial charge in [-0.25, -0.2) is 0 Å². The number of hydrogen-bond acceptors (Lipinski definition) is 5. The largest absolute Gasteiger partial charge is 0.481 e. The molecule has 1 aromatic heterocycles. The van der Waals surface area contributed by atoms with E-state index < -0.39 is 5.97 Å². The SMILES string of the molecule is CCCn1c(OCC)nnc1SCC(=O)O. The lowest BCUT2D eigenvalue weighted by Gasteiger charge is -2.07. The monoisotopic (exact) mass is 245 g/mol. The lowest BCUT2D eigenvalue weighted by molar-refractivity contribution is -0.133. The number of thioether (sulfide) groups is 1. The topological polar surface area (TPSA) is 77.2 Å². The van der Waals surface area contributed by atoms with Crippen molar-refractivity contribution in [2.45, 2.75) is 32.0 Å². The van der Waals surface area contributed by atoms with Gasteiger partial charge in [0.1, 0.15) is 0 Å². The van der Waals surface area contributed by atoms with Crippen LogP contribution in [-0.2, 0) is 11.3 Å². The van der Waals surface area contributed by atoms with Crippen LogP contribution in [0.5, 0.6) is 6.01 Å². The summed E-state index contributed by atoms with van der Waals surface area (Å²) in [4.78, 5) is 10.5. The molecule has 0 spiro atoms. The number of hydrogen-bond donors (Lipinski definition) is 1. The number of nitrogens with zero attached hydrogens (tertiary/aromatic N) is 3. The summed E-state index contributed by atoms with van der Waals surface area (Å²) in [6.45, 7) is 5.14. The van der Waals surface area contributed by atoms with E-state index in [1.165, 1.54) is 0 Å². The molecule has 0 bridgehead atoms. The maximum atomic E-state index is 10.5. The highest BCUT2D eigenvalue weighted by atomic mass is 32.2. The number of rotatable bonds is 7. The number of carboxylic acid groups (broad SMARTS) is 1. The summed E-state index contributed by atoms with van der Waals surface area (Å²) in [6.07, 6.45) is 0.915. The molecule has 0 atom stereocenters. The molecule has 90 valence electrons. The lowest BCUT2D eigenvalue weighted by Crippen LogP contribution is -2.06. The quantitative estimate of drug-likeness (QED) is 0.729. The second-order valence-electron chi connectivity index (χ2n) is 3.03. The Kier molecular flexibility index (Phi) is 5.10. The van der Waals surface area contributed by atoms with Crippen molar-refractivity contribution in [3.05, 3.63) is 0 Å². The summed E-state index contributed by atoms with van der Waals surface area (Å²) in [5, 5.41) is 17.0. The Morgan fingerprint density at radius 2 is 2.25 bits per heavy atom. The van der Waals surface area contributed by atoms with Gasteiger partial charge in [0.25, 0.3) is 0 Å². The van der Waals surface area contributed by atoms with Crippen LogP contribution in [0.15, 0.2) is 5.16 Å². The molecule has 1 aromatic rings. The number of ether oxygens (including phenoxy) is 1. The molecular formula is C9H15N3O3S. The smallest absolute Gasteiger partial charge is 0.317 e. The van der Waals surface area contributed by atoms with E-state index >= 15 is 0 Å². The predicted molar refractivity (Wildman–Crippen MR) is 59.8 cm³/mol. The van der Waals surface area contributed by atoms with Crippen LogP contribution in [0.1, 0.15) is 20.3 Å². The number of carbonyl (C=O) groups is 1. The Morgan fingerprint density at radius 3 is 2.81 bits per heavy atom. The predicted octanol–water partition coefficient (Wildman–Crippen LogP) is 1.26. The summed E-state index contributed by atoms with van der Waals surface area (Å²) in [6, 6.07) is 0.456. The van der Waals surface area contributed by atoms with Crippen molar-refractivity contribution >= 4 is 17.7 Å². The Bertz CT molecular complexity index is 354. The summed E-state index contributed by atoms with van der Waals surface area (Å²) in [5.74, 6) is -0.887. The third-order valence-electron chi connectivity index (χ3n) is 1.73. The minimum absolute atomic E-state index is 0.0199. The molecule has 16 heavy (non-hydrogen) atoms. The fourth-order valence-electron chi connectivity index (χ4n) is 1.16. The van der Waals surface area contributed by atoms with Gasteiger partial charge in [0.05, 0.1) is 12.4 Å². The molecule has 0 saturated carbocycles. The Hall–Kier alpha value is -1.24. The average molecular weight is 245 g/mol. The number of aromatic nitrogens is 3. The van der Waals surface area contributed by atoms with Gasteiger partial charge in [-0.3, -0.25) is 9.36 Å². The molecule has 0 saturated heterocycles. The van der Waals surface area contributed by atoms with Gasteiger partial charge in [-0.05, 0) is 13.3 Å². The number of aliphatic carboxylic acids is 1. The fourth-order valence-corrected chi connectivity index (χ4v) is 1.84. The van der Waals surface area contributed by atoms with Crippen molar-refractivity contribution in [3.8, 4) is 6.01 Å². The Morgan fingerprint density at radius 1 is 1.50 bits per heavy atom. The van der Waals surface area contributed by atoms with Gasteiger partial charge in [-0.2, -0.15) is 0 Å². The summed E-state index contributed by atoms with van der Waals surface area (Å²) in [5.41, 5.74) is 0. The molecule has 7 heteroatoms. The molecule has 0 aliphatic rings. The van der Waals surface area contributed by atoms with Crippen molar-refractivity contribution in [2.24, 2.45) is 0 Å². The van der Waals surface area contributed by atoms with Crippen molar-refractivity contribution in [3.63, 3.8) is 0 Å². The van der Waals surface area contributed by atoms with Gasteiger partial charge < -0.3 is 9.84 Å². The summed E-state index contributed by atoms with van der Waals surface area (Å²) in [7, 11) is 0. The normalized spacial score (nSPS) is 10.4. The first-order valence-corrected chi connectivity index (χ1v) is 6.08. The van der Waals surface area contributed by atoms with E-state index in [0.29, 0.717) is 17.8 Å². The Labute approximate surface area is 98.0 Å². The molecule has 1 N–H and O–H groups in total. The highest BCUT2D eigenvalue weighted by molar-refractivity contribution is 7.99. The molecule has 0 radical (unpaired) electrons. The molecule has 0 amide bonds. The van der Waals surface area contributed by atoms with Gasteiger partial charge in [-0.15, -0.1) is 5.10 Å². The van der Waals surface area contributed by atoms with Gasteiger partial charge in [0.15, 0.2) is 5.16 Å². The second-order valence-corrected chi connectivity index (χ2v) is 3.97. The van der Waals surface area contributed by atoms with Crippen LogP contribution in [0.2, 0.25) is 0 Å². The van der Waals surface area contributed by atoms with Crippen LogP contribution < -0.4 is 4.74 Å². The lowest BCUT2D eigenvalue weighted by atomic mass is 10.5. The van der Waals surface area contributed by atoms with Gasteiger partial charge in [0.2, 0.25) is 0 Å². The van der Waals surface area contributed by atoms with E-state index in [9.17, 15) is 4.79 Å². The van der Waals surface area contributed by atoms with Gasteiger partial charge >= 0.3 is 12.0 Å². The van der Waals surface area contributed by atoms with E-state index in [1.807, 2.05) is 13.8 Å². The minimum Gasteiger partial charge on any atom is -0.481 e. The van der Waals surface area contributed by atoms with Crippen LogP contribution >= 0.6 is 11.8 Å². The van der Waals surface area contributed by atoms with Crippen molar-refractivity contribution < 1.29 is 14.6 Å². The average Bonchev–Trinajstić information content (AvgIpc) is 2.60. The van der Waals surface area contributed by atoms with Crippen LogP contribution in [0.3, 0.4) is 0 Å². The summed E-state index contributed by atoms with van der Waals surface area (Å²) < 4.78 is 7.11. The third-order valence-corrected chi connectivity index (χ3v) is 2.68. The van der Waals surface area contributed by atoms with Crippen LogP contribution in [0, 0.1) is 0 Å². The van der Waals surface area contributed by atoms with Crippen molar-refractivity contribution in [1.29, 1.82) is 0 Å². The maximum Gasteiger partial charge on any atom is 0.317 e.